The minimum atomic E-state index is -1.20. The average Bonchev–Trinajstić information content (AvgIpc) is 2.27. The molecule has 0 aliphatic heterocycles. The number of rotatable bonds is 6. The van der Waals surface area contributed by atoms with Gasteiger partial charge in [-0.3, -0.25) is 4.79 Å². The average molecular weight is 267 g/mol. The standard InChI is InChI=1S/C13H17NO5/c1-7-4-9(5-8(2)12(7)19-3)14-10(13(17)18)6-11(15)16/h4-5,10,14H,6H2,1-3H3,(H,15,16)(H,17,18). The second-order valence-electron chi connectivity index (χ2n) is 4.28. The fourth-order valence-electron chi connectivity index (χ4n) is 1.93. The Kier molecular flexibility index (Phi) is 4.74. The number of carboxylic acids is 2. The zero-order chi connectivity index (χ0) is 14.6. The lowest BCUT2D eigenvalue weighted by molar-refractivity contribution is -0.144. The van der Waals surface area contributed by atoms with Crippen molar-refractivity contribution in [1.29, 1.82) is 0 Å². The van der Waals surface area contributed by atoms with Crippen LogP contribution >= 0.6 is 0 Å². The number of nitrogens with one attached hydrogen (secondary N) is 1. The molecule has 19 heavy (non-hydrogen) atoms. The molecule has 6 heteroatoms. The highest BCUT2D eigenvalue weighted by Crippen LogP contribution is 2.27. The minimum Gasteiger partial charge on any atom is -0.496 e. The van der Waals surface area contributed by atoms with Gasteiger partial charge in [0.2, 0.25) is 0 Å². The highest BCUT2D eigenvalue weighted by atomic mass is 16.5. The zero-order valence-electron chi connectivity index (χ0n) is 11.1. The van der Waals surface area contributed by atoms with Crippen LogP contribution in [0.25, 0.3) is 0 Å². The van der Waals surface area contributed by atoms with E-state index < -0.39 is 24.4 Å². The molecule has 104 valence electrons. The highest BCUT2D eigenvalue weighted by Gasteiger charge is 2.21. The fourth-order valence-corrected chi connectivity index (χ4v) is 1.93. The van der Waals surface area contributed by atoms with Crippen LogP contribution in [0.15, 0.2) is 12.1 Å². The molecule has 0 radical (unpaired) electrons. The first-order valence-corrected chi connectivity index (χ1v) is 5.71. The number of carbonyl (C=O) groups is 2. The van der Waals surface area contributed by atoms with E-state index in [1.165, 1.54) is 0 Å². The zero-order valence-corrected chi connectivity index (χ0v) is 11.1. The molecule has 1 unspecified atom stereocenters. The maximum absolute atomic E-state index is 11.0. The van der Waals surface area contributed by atoms with Gasteiger partial charge in [0.1, 0.15) is 11.8 Å². The van der Waals surface area contributed by atoms with Gasteiger partial charge in [0, 0.05) is 5.69 Å². The van der Waals surface area contributed by atoms with Crippen LogP contribution in [-0.2, 0) is 9.59 Å². The number of benzene rings is 1. The topological polar surface area (TPSA) is 95.9 Å². The van der Waals surface area contributed by atoms with Gasteiger partial charge in [-0.05, 0) is 37.1 Å². The second kappa shape index (κ2) is 6.08. The van der Waals surface area contributed by atoms with Gasteiger partial charge < -0.3 is 20.3 Å². The minimum absolute atomic E-state index is 0.487. The van der Waals surface area contributed by atoms with E-state index in [1.54, 1.807) is 19.2 Å². The molecule has 0 saturated heterocycles. The van der Waals surface area contributed by atoms with Gasteiger partial charge in [0.25, 0.3) is 0 Å². The maximum atomic E-state index is 11.0. The summed E-state index contributed by atoms with van der Waals surface area (Å²) in [6.07, 6.45) is -0.487. The van der Waals surface area contributed by atoms with Crippen LogP contribution in [0.1, 0.15) is 17.5 Å². The number of anilines is 1. The smallest absolute Gasteiger partial charge is 0.326 e. The molecule has 0 aromatic heterocycles. The van der Waals surface area contributed by atoms with E-state index in [1.807, 2.05) is 13.8 Å². The lowest BCUT2D eigenvalue weighted by Crippen LogP contribution is -2.31. The molecule has 0 amide bonds. The lowest BCUT2D eigenvalue weighted by atomic mass is 10.1. The normalized spacial score (nSPS) is 11.7. The van der Waals surface area contributed by atoms with Crippen molar-refractivity contribution >= 4 is 17.6 Å². The number of aryl methyl sites for hydroxylation is 2. The predicted molar refractivity (Wildman–Crippen MR) is 69.8 cm³/mol. The number of methoxy groups -OCH3 is 1. The molecule has 6 nitrogen and oxygen atoms in total. The number of aliphatic carboxylic acids is 2. The molecule has 1 atom stereocenters. The van der Waals surface area contributed by atoms with Gasteiger partial charge >= 0.3 is 11.9 Å². The third-order valence-corrected chi connectivity index (χ3v) is 2.68. The van der Waals surface area contributed by atoms with E-state index >= 15 is 0 Å². The fraction of sp³-hybridized carbons (Fsp3) is 0.385. The first-order chi connectivity index (χ1) is 8.85. The molecule has 0 aliphatic rings. The van der Waals surface area contributed by atoms with Crippen LogP contribution in [0, 0.1) is 13.8 Å². The van der Waals surface area contributed by atoms with Gasteiger partial charge in [-0.2, -0.15) is 0 Å². The number of hydrogen-bond donors (Lipinski definition) is 3. The van der Waals surface area contributed by atoms with Gasteiger partial charge in [-0.15, -0.1) is 0 Å². The van der Waals surface area contributed by atoms with Crippen LogP contribution in [-0.4, -0.2) is 35.3 Å². The van der Waals surface area contributed by atoms with Gasteiger partial charge in [0.15, 0.2) is 0 Å². The third-order valence-electron chi connectivity index (χ3n) is 2.68. The van der Waals surface area contributed by atoms with Crippen LogP contribution in [0.3, 0.4) is 0 Å². The molecular weight excluding hydrogens is 250 g/mol. The number of carboxylic acid groups (broad SMARTS) is 2. The van der Waals surface area contributed by atoms with Crippen molar-refractivity contribution < 1.29 is 24.5 Å². The molecule has 0 heterocycles. The van der Waals surface area contributed by atoms with E-state index in [9.17, 15) is 9.59 Å². The Balaban J connectivity index is 2.97. The predicted octanol–water partition coefficient (Wildman–Crippen LogP) is 1.65. The van der Waals surface area contributed by atoms with E-state index in [-0.39, 0.29) is 0 Å². The van der Waals surface area contributed by atoms with Crippen LogP contribution < -0.4 is 10.1 Å². The molecule has 0 saturated carbocycles. The second-order valence-corrected chi connectivity index (χ2v) is 4.28. The summed E-state index contributed by atoms with van der Waals surface area (Å²) in [7, 11) is 1.56. The molecular formula is C13H17NO5. The van der Waals surface area contributed by atoms with Crippen LogP contribution in [0.5, 0.6) is 5.75 Å². The molecule has 1 aromatic rings. The monoisotopic (exact) mass is 267 g/mol. The SMILES string of the molecule is COc1c(C)cc(NC(CC(=O)O)C(=O)O)cc1C. The Hall–Kier alpha value is -2.24. The Labute approximate surface area is 111 Å². The van der Waals surface area contributed by atoms with Crippen molar-refractivity contribution in [2.75, 3.05) is 12.4 Å². The number of hydrogen-bond acceptors (Lipinski definition) is 4. The van der Waals surface area contributed by atoms with Crippen molar-refractivity contribution in [3.8, 4) is 5.75 Å². The van der Waals surface area contributed by atoms with Gasteiger partial charge in [0.05, 0.1) is 13.5 Å². The van der Waals surface area contributed by atoms with Crippen molar-refractivity contribution in [3.05, 3.63) is 23.3 Å². The molecule has 0 aliphatic carbocycles. The first kappa shape index (κ1) is 14.8. The molecule has 1 rings (SSSR count). The van der Waals surface area contributed by atoms with Gasteiger partial charge in [-0.25, -0.2) is 4.79 Å². The molecule has 3 N–H and O–H groups in total. The van der Waals surface area contributed by atoms with Crippen molar-refractivity contribution in [3.63, 3.8) is 0 Å². The van der Waals surface area contributed by atoms with E-state index in [0.29, 0.717) is 5.69 Å². The Morgan fingerprint density at radius 3 is 2.16 bits per heavy atom. The molecule has 1 aromatic carbocycles. The van der Waals surface area contributed by atoms with Gasteiger partial charge in [-0.1, -0.05) is 0 Å². The lowest BCUT2D eigenvalue weighted by Gasteiger charge is -2.16. The van der Waals surface area contributed by atoms with Crippen LogP contribution in [0.4, 0.5) is 5.69 Å². The maximum Gasteiger partial charge on any atom is 0.326 e. The summed E-state index contributed by atoms with van der Waals surface area (Å²) in [5.74, 6) is -1.63. The molecule has 0 bridgehead atoms. The van der Waals surface area contributed by atoms with E-state index in [0.717, 1.165) is 16.9 Å². The van der Waals surface area contributed by atoms with E-state index in [2.05, 4.69) is 5.32 Å². The van der Waals surface area contributed by atoms with Crippen molar-refractivity contribution in [2.45, 2.75) is 26.3 Å². The summed E-state index contributed by atoms with van der Waals surface area (Å²) in [6.45, 7) is 3.67. The summed E-state index contributed by atoms with van der Waals surface area (Å²) in [5, 5.41) is 20.4. The molecule has 0 fully saturated rings. The highest BCUT2D eigenvalue weighted by molar-refractivity contribution is 5.83. The molecule has 0 spiro atoms. The Morgan fingerprint density at radius 2 is 1.79 bits per heavy atom. The number of ether oxygens (including phenoxy) is 1. The summed E-state index contributed by atoms with van der Waals surface area (Å²) in [6, 6.07) is 2.29. The third kappa shape index (κ3) is 3.87. The largest absolute Gasteiger partial charge is 0.496 e. The first-order valence-electron chi connectivity index (χ1n) is 5.71. The summed E-state index contributed by atoms with van der Waals surface area (Å²) in [4.78, 5) is 21.6. The summed E-state index contributed by atoms with van der Waals surface area (Å²) < 4.78 is 5.21. The van der Waals surface area contributed by atoms with E-state index in [4.69, 9.17) is 14.9 Å². The van der Waals surface area contributed by atoms with Crippen molar-refractivity contribution in [2.24, 2.45) is 0 Å². The van der Waals surface area contributed by atoms with Crippen molar-refractivity contribution in [1.82, 2.24) is 0 Å². The quantitative estimate of drug-likeness (QED) is 0.725. The van der Waals surface area contributed by atoms with Crippen LogP contribution in [0.2, 0.25) is 0 Å². The Morgan fingerprint density at radius 1 is 1.26 bits per heavy atom. The summed E-state index contributed by atoms with van der Waals surface area (Å²) >= 11 is 0. The Bertz CT molecular complexity index is 475. The summed E-state index contributed by atoms with van der Waals surface area (Å²) in [5.41, 5.74) is 2.26.